The van der Waals surface area contributed by atoms with E-state index in [1.54, 1.807) is 0 Å². The van der Waals surface area contributed by atoms with E-state index in [-0.39, 0.29) is 27.1 Å². The third-order valence-corrected chi connectivity index (χ3v) is 7.02. The molecule has 2 aromatic carbocycles. The monoisotopic (exact) mass is 490 g/mol. The molecule has 0 aliphatic heterocycles. The van der Waals surface area contributed by atoms with Crippen LogP contribution in [0.2, 0.25) is 0 Å². The highest BCUT2D eigenvalue weighted by Gasteiger charge is 2.30. The highest BCUT2D eigenvalue weighted by Crippen LogP contribution is 2.40. The van der Waals surface area contributed by atoms with E-state index in [9.17, 15) is 0 Å². The van der Waals surface area contributed by atoms with Crippen molar-refractivity contribution >= 4 is 0 Å². The Bertz CT molecular complexity index is 858. The molecule has 0 heterocycles. The summed E-state index contributed by atoms with van der Waals surface area (Å²) >= 11 is 0. The van der Waals surface area contributed by atoms with Crippen LogP contribution in [0.1, 0.15) is 137 Å². The van der Waals surface area contributed by atoms with Crippen LogP contribution in [0.4, 0.5) is 0 Å². The molecule has 0 aromatic heterocycles. The predicted molar refractivity (Wildman–Crippen MR) is 162 cm³/mol. The fraction of sp³-hybridized carbons (Fsp3) is 0.667. The van der Waals surface area contributed by atoms with Gasteiger partial charge < -0.3 is 0 Å². The van der Waals surface area contributed by atoms with E-state index in [2.05, 4.69) is 133 Å². The first kappa shape index (κ1) is 30.7. The average molecular weight is 491 g/mol. The van der Waals surface area contributed by atoms with Crippen LogP contribution in [0.25, 0.3) is 0 Å². The first-order valence-electron chi connectivity index (χ1n) is 14.4. The van der Waals surface area contributed by atoms with Gasteiger partial charge in [-0.25, -0.2) is 0 Å². The smallest absolute Gasteiger partial charge is 0.0172 e. The molecule has 0 radical (unpaired) electrons. The molecule has 0 N–H and O–H groups in total. The van der Waals surface area contributed by atoms with Crippen LogP contribution < -0.4 is 0 Å². The van der Waals surface area contributed by atoms with Gasteiger partial charge in [-0.2, -0.15) is 0 Å². The van der Waals surface area contributed by atoms with Crippen molar-refractivity contribution in [3.8, 4) is 0 Å². The summed E-state index contributed by atoms with van der Waals surface area (Å²) in [4.78, 5) is 0. The normalized spacial score (nSPS) is 13.8. The Morgan fingerprint density at radius 2 is 0.611 bits per heavy atom. The van der Waals surface area contributed by atoms with Crippen LogP contribution in [0.15, 0.2) is 36.4 Å². The fourth-order valence-corrected chi connectivity index (χ4v) is 5.59. The molecule has 0 saturated heterocycles. The minimum atomic E-state index is -0.0128. The van der Waals surface area contributed by atoms with Gasteiger partial charge in [0.05, 0.1) is 0 Å². The Labute approximate surface area is 225 Å². The zero-order chi connectivity index (χ0) is 27.7. The molecule has 0 saturated carbocycles. The van der Waals surface area contributed by atoms with E-state index in [0.717, 1.165) is 32.1 Å². The van der Waals surface area contributed by atoms with Crippen molar-refractivity contribution in [2.24, 2.45) is 21.7 Å². The summed E-state index contributed by atoms with van der Waals surface area (Å²) in [5, 5.41) is 0. The van der Waals surface area contributed by atoms with E-state index >= 15 is 0 Å². The van der Waals surface area contributed by atoms with Crippen molar-refractivity contribution < 1.29 is 0 Å². The lowest BCUT2D eigenvalue weighted by Crippen LogP contribution is -2.25. The average Bonchev–Trinajstić information content (AvgIpc) is 2.61. The van der Waals surface area contributed by atoms with Crippen molar-refractivity contribution in [3.63, 3.8) is 0 Å². The molecule has 0 amide bonds. The zero-order valence-electron chi connectivity index (χ0n) is 26.5. The van der Waals surface area contributed by atoms with Crippen LogP contribution in [-0.2, 0) is 31.1 Å². The van der Waals surface area contributed by atoms with Gasteiger partial charge >= 0.3 is 0 Å². The van der Waals surface area contributed by atoms with Crippen LogP contribution in [0.5, 0.6) is 0 Å². The zero-order valence-corrected chi connectivity index (χ0v) is 26.5. The van der Waals surface area contributed by atoms with Gasteiger partial charge in [-0.1, -0.05) is 133 Å². The standard InChI is InChI=1S/C36H58/c1-15-36(14,30-18-26(22-32(2,3)4)16-27(19-30)23-33(5,6)7)31-20-28(24-34(8,9)10)17-29(21-31)25-35(11,12)13/h16-21H,15,22-25H2,1-14H3. The van der Waals surface area contributed by atoms with E-state index in [1.165, 1.54) is 33.4 Å². The summed E-state index contributed by atoms with van der Waals surface area (Å²) in [5.41, 5.74) is 9.99. The molecular formula is C36H58. The molecule has 0 nitrogen and oxygen atoms in total. The Morgan fingerprint density at radius 3 is 0.778 bits per heavy atom. The molecule has 36 heavy (non-hydrogen) atoms. The first-order chi connectivity index (χ1) is 16.1. The van der Waals surface area contributed by atoms with E-state index in [4.69, 9.17) is 0 Å². The molecule has 0 unspecified atom stereocenters. The molecule has 0 fully saturated rings. The fourth-order valence-electron chi connectivity index (χ4n) is 5.59. The second-order valence-electron chi connectivity index (χ2n) is 16.7. The topological polar surface area (TPSA) is 0 Å². The lowest BCUT2D eigenvalue weighted by atomic mass is 9.70. The molecule has 2 aromatic rings. The molecule has 202 valence electrons. The third kappa shape index (κ3) is 9.72. The van der Waals surface area contributed by atoms with Crippen molar-refractivity contribution in [2.75, 3.05) is 0 Å². The summed E-state index contributed by atoms with van der Waals surface area (Å²) in [6, 6.07) is 15.1. The van der Waals surface area contributed by atoms with Gasteiger partial charge in [-0.15, -0.1) is 0 Å². The van der Waals surface area contributed by atoms with Crippen LogP contribution in [0, 0.1) is 21.7 Å². The summed E-state index contributed by atoms with van der Waals surface area (Å²) in [5.74, 6) is 0. The minimum absolute atomic E-state index is 0.0128. The van der Waals surface area contributed by atoms with Gasteiger partial charge in [-0.3, -0.25) is 0 Å². The molecule has 0 aliphatic rings. The third-order valence-electron chi connectivity index (χ3n) is 7.02. The minimum Gasteiger partial charge on any atom is -0.0642 e. The molecule has 0 bridgehead atoms. The maximum Gasteiger partial charge on any atom is 0.0172 e. The highest BCUT2D eigenvalue weighted by atomic mass is 14.3. The maximum atomic E-state index is 2.53. The highest BCUT2D eigenvalue weighted by molar-refractivity contribution is 5.46. The van der Waals surface area contributed by atoms with E-state index < -0.39 is 0 Å². The van der Waals surface area contributed by atoms with Crippen LogP contribution in [-0.4, -0.2) is 0 Å². The summed E-state index contributed by atoms with van der Waals surface area (Å²) in [6.45, 7) is 33.2. The second kappa shape index (κ2) is 10.7. The lowest BCUT2D eigenvalue weighted by molar-refractivity contribution is 0.404. The Morgan fingerprint density at radius 1 is 0.389 bits per heavy atom. The quantitative estimate of drug-likeness (QED) is 0.362. The van der Waals surface area contributed by atoms with Crippen molar-refractivity contribution in [2.45, 2.75) is 134 Å². The molecule has 2 rings (SSSR count). The van der Waals surface area contributed by atoms with Crippen LogP contribution in [0.3, 0.4) is 0 Å². The largest absolute Gasteiger partial charge is 0.0642 e. The van der Waals surface area contributed by atoms with Crippen molar-refractivity contribution in [3.05, 3.63) is 69.8 Å². The van der Waals surface area contributed by atoms with Gasteiger partial charge in [0.2, 0.25) is 0 Å². The van der Waals surface area contributed by atoms with E-state index in [1.807, 2.05) is 0 Å². The van der Waals surface area contributed by atoms with Crippen molar-refractivity contribution in [1.29, 1.82) is 0 Å². The Balaban J connectivity index is 2.74. The number of rotatable bonds is 7. The van der Waals surface area contributed by atoms with E-state index in [0.29, 0.717) is 0 Å². The molecule has 0 heteroatoms. The number of benzene rings is 2. The molecule has 0 aliphatic carbocycles. The van der Waals surface area contributed by atoms with Gasteiger partial charge in [0.25, 0.3) is 0 Å². The predicted octanol–water partition coefficient (Wildman–Crippen LogP) is 10.8. The summed E-state index contributed by atoms with van der Waals surface area (Å²) in [6.07, 6.45) is 5.53. The molecular weight excluding hydrogens is 432 g/mol. The number of hydrogen-bond acceptors (Lipinski definition) is 0. The van der Waals surface area contributed by atoms with Crippen molar-refractivity contribution in [1.82, 2.24) is 0 Å². The van der Waals surface area contributed by atoms with Gasteiger partial charge in [0.1, 0.15) is 0 Å². The van der Waals surface area contributed by atoms with Gasteiger partial charge in [0.15, 0.2) is 0 Å². The lowest BCUT2D eigenvalue weighted by Gasteiger charge is -2.34. The summed E-state index contributed by atoms with van der Waals surface area (Å²) < 4.78 is 0. The van der Waals surface area contributed by atoms with Gasteiger partial charge in [-0.05, 0) is 87.1 Å². The molecule has 0 atom stereocenters. The Hall–Kier alpha value is -1.56. The maximum absolute atomic E-state index is 2.53. The first-order valence-corrected chi connectivity index (χ1v) is 14.4. The summed E-state index contributed by atoms with van der Waals surface area (Å²) in [7, 11) is 0. The SMILES string of the molecule is CCC(C)(c1cc(CC(C)(C)C)cc(CC(C)(C)C)c1)c1cc(CC(C)(C)C)cc(CC(C)(C)C)c1. The van der Waals surface area contributed by atoms with Gasteiger partial charge in [0, 0.05) is 5.41 Å². The second-order valence-corrected chi connectivity index (χ2v) is 16.7. The molecule has 0 spiro atoms. The Kier molecular flexibility index (Phi) is 9.08. The number of hydrogen-bond donors (Lipinski definition) is 0. The van der Waals surface area contributed by atoms with Crippen LogP contribution >= 0.6 is 0 Å².